The number of ether oxygens (including phenoxy) is 1. The molecule has 2 saturated heterocycles. The van der Waals surface area contributed by atoms with E-state index in [0.29, 0.717) is 30.3 Å². The Morgan fingerprint density at radius 2 is 1.71 bits per heavy atom. The lowest BCUT2D eigenvalue weighted by atomic mass is 10.2. The van der Waals surface area contributed by atoms with E-state index in [1.807, 2.05) is 19.1 Å². The average Bonchev–Trinajstić information content (AvgIpc) is 3.14. The molecule has 2 aliphatic heterocycles. The van der Waals surface area contributed by atoms with Crippen LogP contribution in [0.3, 0.4) is 0 Å². The molecule has 0 radical (unpaired) electrons. The number of carbonyl (C=O) groups excluding carboxylic acids is 1. The first-order valence-electron chi connectivity index (χ1n) is 13.5. The minimum atomic E-state index is -3.57. The van der Waals surface area contributed by atoms with Gasteiger partial charge >= 0.3 is 0 Å². The quantitative estimate of drug-likeness (QED) is 0.405. The van der Waals surface area contributed by atoms with Gasteiger partial charge in [-0.05, 0) is 68.1 Å². The van der Waals surface area contributed by atoms with Crippen molar-refractivity contribution < 1.29 is 17.9 Å². The first-order valence-corrected chi connectivity index (χ1v) is 15.8. The lowest BCUT2D eigenvalue weighted by Gasteiger charge is -2.27. The molecule has 0 aliphatic carbocycles. The number of carbonyl (C=O) groups is 1. The number of morpholine rings is 1. The summed E-state index contributed by atoms with van der Waals surface area (Å²) in [5.74, 6) is -0.165. The molecule has 0 spiro atoms. The van der Waals surface area contributed by atoms with Crippen LogP contribution < -0.4 is 4.90 Å². The van der Waals surface area contributed by atoms with E-state index in [-0.39, 0.29) is 10.8 Å². The van der Waals surface area contributed by atoms with E-state index in [4.69, 9.17) is 9.72 Å². The molecule has 0 unspecified atom stereocenters. The van der Waals surface area contributed by atoms with Gasteiger partial charge in [0.15, 0.2) is 5.13 Å². The van der Waals surface area contributed by atoms with Gasteiger partial charge in [-0.3, -0.25) is 14.6 Å². The van der Waals surface area contributed by atoms with Crippen LogP contribution in [-0.4, -0.2) is 81.0 Å². The van der Waals surface area contributed by atoms with Crippen LogP contribution in [-0.2, 0) is 14.8 Å². The molecule has 3 aromatic rings. The summed E-state index contributed by atoms with van der Waals surface area (Å²) in [4.78, 5) is 22.9. The third-order valence-electron chi connectivity index (χ3n) is 7.27. The molecule has 2 fully saturated rings. The number of anilines is 1. The van der Waals surface area contributed by atoms with E-state index in [1.165, 1.54) is 11.3 Å². The lowest BCUT2D eigenvalue weighted by molar-refractivity contribution is 0.0376. The molecule has 2 aromatic carbocycles. The van der Waals surface area contributed by atoms with E-state index in [9.17, 15) is 13.2 Å². The molecule has 1 aromatic heterocycles. The number of amides is 1. The van der Waals surface area contributed by atoms with Gasteiger partial charge in [0.25, 0.3) is 5.91 Å². The van der Waals surface area contributed by atoms with Crippen molar-refractivity contribution in [3.05, 3.63) is 53.6 Å². The summed E-state index contributed by atoms with van der Waals surface area (Å²) in [7, 11) is -3.57. The van der Waals surface area contributed by atoms with Gasteiger partial charge in [0.2, 0.25) is 10.0 Å². The van der Waals surface area contributed by atoms with Crippen LogP contribution in [0.2, 0.25) is 0 Å². The standard InChI is InChI=1S/C28H36N4O4S2/c1-22-7-12-25-26(21-22)37-28(29-25)32(16-6-13-30-17-19-36-20-18-30)27(33)23-8-10-24(11-9-23)38(34,35)31-14-4-2-3-5-15-31/h7-12,21H,2-6,13-20H2,1H3. The second-order valence-corrected chi connectivity index (χ2v) is 13.0. The van der Waals surface area contributed by atoms with Crippen LogP contribution in [0.4, 0.5) is 5.13 Å². The fourth-order valence-electron chi connectivity index (χ4n) is 5.05. The smallest absolute Gasteiger partial charge is 0.260 e. The first-order chi connectivity index (χ1) is 18.4. The van der Waals surface area contributed by atoms with Gasteiger partial charge in [-0.25, -0.2) is 13.4 Å². The number of fused-ring (bicyclic) bond motifs is 1. The highest BCUT2D eigenvalue weighted by Crippen LogP contribution is 2.31. The number of aryl methyl sites for hydroxylation is 1. The highest BCUT2D eigenvalue weighted by Gasteiger charge is 2.27. The Balaban J connectivity index is 1.36. The Morgan fingerprint density at radius 3 is 2.42 bits per heavy atom. The molecular weight excluding hydrogens is 520 g/mol. The maximum absolute atomic E-state index is 13.8. The second-order valence-electron chi connectivity index (χ2n) is 10.1. The molecule has 10 heteroatoms. The highest BCUT2D eigenvalue weighted by atomic mass is 32.2. The van der Waals surface area contributed by atoms with Gasteiger partial charge < -0.3 is 4.74 Å². The Labute approximate surface area is 229 Å². The molecule has 38 heavy (non-hydrogen) atoms. The Bertz CT molecular complexity index is 1340. The third kappa shape index (κ3) is 6.26. The minimum absolute atomic E-state index is 0.165. The number of aromatic nitrogens is 1. The molecule has 5 rings (SSSR count). The topological polar surface area (TPSA) is 83.0 Å². The number of rotatable bonds is 8. The fourth-order valence-corrected chi connectivity index (χ4v) is 7.66. The highest BCUT2D eigenvalue weighted by molar-refractivity contribution is 7.89. The molecule has 204 valence electrons. The Kier molecular flexibility index (Phi) is 8.74. The molecule has 0 saturated carbocycles. The monoisotopic (exact) mass is 556 g/mol. The van der Waals surface area contributed by atoms with Crippen molar-refractivity contribution in [1.29, 1.82) is 0 Å². The zero-order chi connectivity index (χ0) is 26.5. The number of hydrogen-bond donors (Lipinski definition) is 0. The number of hydrogen-bond acceptors (Lipinski definition) is 7. The summed E-state index contributed by atoms with van der Waals surface area (Å²) >= 11 is 1.51. The molecule has 3 heterocycles. The van der Waals surface area contributed by atoms with Crippen LogP contribution in [0.1, 0.15) is 48.0 Å². The van der Waals surface area contributed by atoms with E-state index >= 15 is 0 Å². The molecule has 8 nitrogen and oxygen atoms in total. The van der Waals surface area contributed by atoms with Crippen LogP contribution in [0.5, 0.6) is 0 Å². The van der Waals surface area contributed by atoms with Gasteiger partial charge in [-0.2, -0.15) is 4.31 Å². The second kappa shape index (κ2) is 12.2. The van der Waals surface area contributed by atoms with Crippen LogP contribution in [0.15, 0.2) is 47.4 Å². The molecule has 0 N–H and O–H groups in total. The summed E-state index contributed by atoms with van der Waals surface area (Å²) in [5, 5.41) is 0.666. The fraction of sp³-hybridized carbons (Fsp3) is 0.500. The van der Waals surface area contributed by atoms with Crippen LogP contribution >= 0.6 is 11.3 Å². The molecule has 0 bridgehead atoms. The number of benzene rings is 2. The molecular formula is C28H36N4O4S2. The SMILES string of the molecule is Cc1ccc2nc(N(CCCN3CCOCC3)C(=O)c3ccc(S(=O)(=O)N4CCCCCC4)cc3)sc2c1. The normalized spacial score (nSPS) is 17.9. The Hall–Kier alpha value is -2.37. The minimum Gasteiger partial charge on any atom is -0.379 e. The van der Waals surface area contributed by atoms with Gasteiger partial charge in [0, 0.05) is 44.8 Å². The summed E-state index contributed by atoms with van der Waals surface area (Å²) in [5.41, 5.74) is 2.49. The largest absolute Gasteiger partial charge is 0.379 e. The van der Waals surface area contributed by atoms with Crippen molar-refractivity contribution in [2.24, 2.45) is 0 Å². The van der Waals surface area contributed by atoms with Crippen molar-refractivity contribution in [3.63, 3.8) is 0 Å². The predicted molar refractivity (Wildman–Crippen MR) is 152 cm³/mol. The summed E-state index contributed by atoms with van der Waals surface area (Å²) < 4.78 is 34.5. The van der Waals surface area contributed by atoms with Crippen molar-refractivity contribution in [3.8, 4) is 0 Å². The zero-order valence-electron chi connectivity index (χ0n) is 22.0. The van der Waals surface area contributed by atoms with Crippen LogP contribution in [0, 0.1) is 6.92 Å². The van der Waals surface area contributed by atoms with Gasteiger partial charge in [0.05, 0.1) is 28.3 Å². The predicted octanol–water partition coefficient (Wildman–Crippen LogP) is 4.54. The van der Waals surface area contributed by atoms with E-state index < -0.39 is 10.0 Å². The van der Waals surface area contributed by atoms with Gasteiger partial charge in [-0.15, -0.1) is 0 Å². The molecule has 0 atom stereocenters. The molecule has 1 amide bonds. The van der Waals surface area contributed by atoms with Crippen molar-refractivity contribution in [1.82, 2.24) is 14.2 Å². The molecule has 2 aliphatic rings. The lowest BCUT2D eigenvalue weighted by Crippen LogP contribution is -2.39. The number of sulfonamides is 1. The summed E-state index contributed by atoms with van der Waals surface area (Å²) in [6.07, 6.45) is 4.70. The van der Waals surface area contributed by atoms with Crippen LogP contribution in [0.25, 0.3) is 10.2 Å². The van der Waals surface area contributed by atoms with E-state index in [2.05, 4.69) is 11.0 Å². The van der Waals surface area contributed by atoms with E-state index in [0.717, 1.165) is 80.7 Å². The third-order valence-corrected chi connectivity index (χ3v) is 10.2. The van der Waals surface area contributed by atoms with Crippen molar-refractivity contribution in [2.75, 3.05) is 57.4 Å². The van der Waals surface area contributed by atoms with Gasteiger partial charge in [0.1, 0.15) is 0 Å². The average molecular weight is 557 g/mol. The maximum atomic E-state index is 13.8. The summed E-state index contributed by atoms with van der Waals surface area (Å²) in [6.45, 7) is 7.86. The maximum Gasteiger partial charge on any atom is 0.260 e. The zero-order valence-corrected chi connectivity index (χ0v) is 23.6. The number of thiazole rings is 1. The Morgan fingerprint density at radius 1 is 1.00 bits per heavy atom. The first kappa shape index (κ1) is 27.2. The van der Waals surface area contributed by atoms with Crippen molar-refractivity contribution in [2.45, 2.75) is 43.9 Å². The summed E-state index contributed by atoms with van der Waals surface area (Å²) in [6, 6.07) is 12.5. The van der Waals surface area contributed by atoms with Gasteiger partial charge in [-0.1, -0.05) is 30.2 Å². The van der Waals surface area contributed by atoms with E-state index in [1.54, 1.807) is 33.5 Å². The van der Waals surface area contributed by atoms with Crippen molar-refractivity contribution >= 4 is 42.6 Å². The number of nitrogens with zero attached hydrogens (tertiary/aromatic N) is 4.